The van der Waals surface area contributed by atoms with E-state index in [9.17, 15) is 4.79 Å². The predicted octanol–water partition coefficient (Wildman–Crippen LogP) is 0.809. The summed E-state index contributed by atoms with van der Waals surface area (Å²) in [6.07, 6.45) is 1.99. The Labute approximate surface area is 48.6 Å². The van der Waals surface area contributed by atoms with Crippen molar-refractivity contribution in [1.29, 1.82) is 0 Å². The molecule has 2 nitrogen and oxygen atoms in total. The molecule has 0 bridgehead atoms. The monoisotopic (exact) mass is 111 g/mol. The summed E-state index contributed by atoms with van der Waals surface area (Å²) in [5.74, 6) is 0.148. The van der Waals surface area contributed by atoms with Crippen molar-refractivity contribution in [2.45, 2.75) is 25.8 Å². The van der Waals surface area contributed by atoms with Crippen LogP contribution >= 0.6 is 0 Å². The summed E-state index contributed by atoms with van der Waals surface area (Å²) < 4.78 is 0. The Balaban J connectivity index is 2.72. The first-order valence-electron chi connectivity index (χ1n) is 2.68. The molecule has 0 radical (unpaired) electrons. The van der Waals surface area contributed by atoms with E-state index in [4.69, 9.17) is 0 Å². The van der Waals surface area contributed by atoms with E-state index in [1.54, 1.807) is 0 Å². The zero-order valence-electron chi connectivity index (χ0n) is 5.14. The van der Waals surface area contributed by atoms with Crippen molar-refractivity contribution < 1.29 is 4.79 Å². The molecule has 0 unspecified atom stereocenters. The molecule has 1 rings (SSSR count). The van der Waals surface area contributed by atoms with Crippen LogP contribution in [0.5, 0.6) is 0 Å². The van der Waals surface area contributed by atoms with Crippen molar-refractivity contribution in [3.63, 3.8) is 0 Å². The fraction of sp³-hybridized carbons (Fsp3) is 0.667. The molecule has 0 amide bonds. The average Bonchev–Trinajstić information content (AvgIpc) is 1.82. The maximum atomic E-state index is 10.5. The van der Waals surface area contributed by atoms with Gasteiger partial charge in [0.15, 0.2) is 5.78 Å². The van der Waals surface area contributed by atoms with Crippen LogP contribution < -0.4 is 0 Å². The Hall–Kier alpha value is -0.660. The van der Waals surface area contributed by atoms with Crippen LogP contribution in [0, 0.1) is 0 Å². The number of hydrogen-bond acceptors (Lipinski definition) is 2. The lowest BCUT2D eigenvalue weighted by Crippen LogP contribution is -2.13. The second-order valence-corrected chi connectivity index (χ2v) is 2.71. The molecule has 0 spiro atoms. The molecule has 0 aromatic rings. The van der Waals surface area contributed by atoms with Gasteiger partial charge in [0, 0.05) is 6.42 Å². The molecule has 1 heterocycles. The fourth-order valence-corrected chi connectivity index (χ4v) is 0.764. The van der Waals surface area contributed by atoms with Crippen molar-refractivity contribution in [3.8, 4) is 0 Å². The molecule has 0 N–H and O–H groups in total. The Morgan fingerprint density at radius 2 is 2.38 bits per heavy atom. The highest BCUT2D eigenvalue weighted by molar-refractivity contribution is 6.29. The fourth-order valence-electron chi connectivity index (χ4n) is 0.764. The van der Waals surface area contributed by atoms with E-state index in [0.717, 1.165) is 0 Å². The molecule has 1 aliphatic heterocycles. The quantitative estimate of drug-likeness (QED) is 0.454. The van der Waals surface area contributed by atoms with Crippen molar-refractivity contribution in [3.05, 3.63) is 0 Å². The van der Waals surface area contributed by atoms with E-state index < -0.39 is 0 Å². The maximum Gasteiger partial charge on any atom is 0.175 e. The molecule has 0 aromatic heterocycles. The average molecular weight is 111 g/mol. The number of nitrogens with zero attached hydrogens (tertiary/aromatic N) is 1. The number of aliphatic imine (C=N–C) groups is 1. The molecule has 0 aliphatic carbocycles. The van der Waals surface area contributed by atoms with Crippen LogP contribution in [0.3, 0.4) is 0 Å². The van der Waals surface area contributed by atoms with Crippen LogP contribution in [0.4, 0.5) is 0 Å². The lowest BCUT2D eigenvalue weighted by atomic mass is 10.0. The number of carbonyl (C=O) groups is 1. The van der Waals surface area contributed by atoms with E-state index in [-0.39, 0.29) is 11.3 Å². The van der Waals surface area contributed by atoms with Gasteiger partial charge in [0.1, 0.15) is 0 Å². The summed E-state index contributed by atoms with van der Waals surface area (Å²) in [5.41, 5.74) is -0.114. The predicted molar refractivity (Wildman–Crippen MR) is 32.2 cm³/mol. The van der Waals surface area contributed by atoms with Gasteiger partial charge in [0.25, 0.3) is 0 Å². The first-order valence-corrected chi connectivity index (χ1v) is 2.68. The largest absolute Gasteiger partial charge is 0.293 e. The van der Waals surface area contributed by atoms with Gasteiger partial charge in [-0.25, -0.2) is 0 Å². The second kappa shape index (κ2) is 1.41. The Morgan fingerprint density at radius 1 is 1.75 bits per heavy atom. The number of hydrogen-bond donors (Lipinski definition) is 0. The summed E-state index contributed by atoms with van der Waals surface area (Å²) in [6, 6.07) is 0. The van der Waals surface area contributed by atoms with Crippen molar-refractivity contribution >= 4 is 12.0 Å². The van der Waals surface area contributed by atoms with Gasteiger partial charge >= 0.3 is 0 Å². The number of carbonyl (C=O) groups excluding carboxylic acids is 1. The summed E-state index contributed by atoms with van der Waals surface area (Å²) in [5, 5.41) is 0. The first-order chi connectivity index (χ1) is 3.60. The second-order valence-electron chi connectivity index (χ2n) is 2.71. The van der Waals surface area contributed by atoms with Gasteiger partial charge in [-0.15, -0.1) is 0 Å². The third kappa shape index (κ3) is 0.941. The van der Waals surface area contributed by atoms with E-state index in [1.165, 1.54) is 6.21 Å². The van der Waals surface area contributed by atoms with E-state index in [2.05, 4.69) is 4.99 Å². The number of Topliss-reactive ketones (excluding diaryl/α,β-unsaturated/α-hetero) is 1. The van der Waals surface area contributed by atoms with E-state index in [0.29, 0.717) is 6.42 Å². The molecule has 2 heteroatoms. The third-order valence-electron chi connectivity index (χ3n) is 1.16. The Kier molecular flexibility index (Phi) is 0.962. The zero-order chi connectivity index (χ0) is 6.20. The lowest BCUT2D eigenvalue weighted by Gasteiger charge is -2.09. The molecule has 0 saturated carbocycles. The highest BCUT2D eigenvalue weighted by Crippen LogP contribution is 2.17. The molecular formula is C6H9NO. The van der Waals surface area contributed by atoms with Gasteiger partial charge in [0.2, 0.25) is 0 Å². The van der Waals surface area contributed by atoms with Gasteiger partial charge in [-0.1, -0.05) is 0 Å². The molecule has 0 fully saturated rings. The van der Waals surface area contributed by atoms with Gasteiger partial charge in [-0.2, -0.15) is 0 Å². The third-order valence-corrected chi connectivity index (χ3v) is 1.16. The molecule has 44 valence electrons. The van der Waals surface area contributed by atoms with Crippen LogP contribution in [0.1, 0.15) is 20.3 Å². The van der Waals surface area contributed by atoms with Crippen LogP contribution in [0.25, 0.3) is 0 Å². The van der Waals surface area contributed by atoms with Crippen LogP contribution in [0.2, 0.25) is 0 Å². The minimum absolute atomic E-state index is 0.114. The molecule has 0 saturated heterocycles. The molecule has 8 heavy (non-hydrogen) atoms. The smallest absolute Gasteiger partial charge is 0.175 e. The number of ketones is 1. The Morgan fingerprint density at radius 3 is 2.50 bits per heavy atom. The first kappa shape index (κ1) is 5.48. The summed E-state index contributed by atoms with van der Waals surface area (Å²) in [7, 11) is 0. The summed E-state index contributed by atoms with van der Waals surface area (Å²) in [4.78, 5) is 14.5. The van der Waals surface area contributed by atoms with E-state index >= 15 is 0 Å². The van der Waals surface area contributed by atoms with Gasteiger partial charge in [-0.3, -0.25) is 9.79 Å². The van der Waals surface area contributed by atoms with Gasteiger partial charge in [-0.05, 0) is 13.8 Å². The highest BCUT2D eigenvalue weighted by Gasteiger charge is 2.24. The molecule has 0 atom stereocenters. The van der Waals surface area contributed by atoms with Crippen LogP contribution in [-0.4, -0.2) is 17.5 Å². The molecule has 1 aliphatic rings. The highest BCUT2D eigenvalue weighted by atomic mass is 16.1. The molecule has 0 aromatic carbocycles. The minimum atomic E-state index is -0.114. The van der Waals surface area contributed by atoms with Crippen molar-refractivity contribution in [2.24, 2.45) is 4.99 Å². The maximum absolute atomic E-state index is 10.5. The van der Waals surface area contributed by atoms with Crippen LogP contribution in [0.15, 0.2) is 4.99 Å². The summed E-state index contributed by atoms with van der Waals surface area (Å²) in [6.45, 7) is 3.91. The van der Waals surface area contributed by atoms with Gasteiger partial charge < -0.3 is 0 Å². The standard InChI is InChI=1S/C6H9NO/c1-6(2)3-5(8)4-7-6/h4H,3H2,1-2H3. The van der Waals surface area contributed by atoms with Crippen molar-refractivity contribution in [2.75, 3.05) is 0 Å². The van der Waals surface area contributed by atoms with Crippen LogP contribution in [-0.2, 0) is 4.79 Å². The van der Waals surface area contributed by atoms with Gasteiger partial charge in [0.05, 0.1) is 11.8 Å². The van der Waals surface area contributed by atoms with Crippen molar-refractivity contribution in [1.82, 2.24) is 0 Å². The minimum Gasteiger partial charge on any atom is -0.293 e. The topological polar surface area (TPSA) is 29.4 Å². The van der Waals surface area contributed by atoms with E-state index in [1.807, 2.05) is 13.8 Å². The zero-order valence-corrected chi connectivity index (χ0v) is 5.14. The summed E-state index contributed by atoms with van der Waals surface area (Å²) >= 11 is 0. The Bertz CT molecular complexity index is 147. The number of rotatable bonds is 0. The lowest BCUT2D eigenvalue weighted by molar-refractivity contribution is -0.112. The normalized spacial score (nSPS) is 24.5. The molecular weight excluding hydrogens is 102 g/mol. The SMILES string of the molecule is CC1(C)CC(=O)C=N1.